The topological polar surface area (TPSA) is 12.0 Å². The van der Waals surface area contributed by atoms with Gasteiger partial charge in [-0.25, -0.2) is 0 Å². The monoisotopic (exact) mass is 301 g/mol. The lowest BCUT2D eigenvalue weighted by Gasteiger charge is -2.24. The molecule has 0 bridgehead atoms. The standard InChI is InChI=1S/C13H20BrNS/c1-2-7-15-13(10-5-3-4-6-10)11-8-16-9-12(11)14/h8-10,13,15H,2-7H2,1H3. The lowest BCUT2D eigenvalue weighted by atomic mass is 9.93. The molecule has 1 unspecified atom stereocenters. The highest BCUT2D eigenvalue weighted by Crippen LogP contribution is 2.39. The summed E-state index contributed by atoms with van der Waals surface area (Å²) < 4.78 is 1.29. The van der Waals surface area contributed by atoms with Crippen LogP contribution in [0.3, 0.4) is 0 Å². The molecule has 3 heteroatoms. The second kappa shape index (κ2) is 6.18. The van der Waals surface area contributed by atoms with Gasteiger partial charge in [-0.3, -0.25) is 0 Å². The average Bonchev–Trinajstić information content (AvgIpc) is 2.91. The maximum absolute atomic E-state index is 3.73. The normalized spacial score (nSPS) is 19.1. The van der Waals surface area contributed by atoms with E-state index in [-0.39, 0.29) is 0 Å². The van der Waals surface area contributed by atoms with Crippen molar-refractivity contribution in [2.24, 2.45) is 5.92 Å². The van der Waals surface area contributed by atoms with Crippen molar-refractivity contribution in [3.63, 3.8) is 0 Å². The van der Waals surface area contributed by atoms with Crippen molar-refractivity contribution >= 4 is 27.3 Å². The van der Waals surface area contributed by atoms with Crippen LogP contribution in [0.2, 0.25) is 0 Å². The van der Waals surface area contributed by atoms with Crippen LogP contribution in [0.1, 0.15) is 50.6 Å². The molecule has 1 aromatic heterocycles. The van der Waals surface area contributed by atoms with Crippen molar-refractivity contribution in [3.8, 4) is 0 Å². The van der Waals surface area contributed by atoms with Crippen LogP contribution >= 0.6 is 27.3 Å². The van der Waals surface area contributed by atoms with E-state index in [1.807, 2.05) is 0 Å². The van der Waals surface area contributed by atoms with E-state index in [1.165, 1.54) is 42.1 Å². The molecule has 16 heavy (non-hydrogen) atoms. The minimum Gasteiger partial charge on any atom is -0.310 e. The van der Waals surface area contributed by atoms with Crippen LogP contribution in [-0.4, -0.2) is 6.54 Å². The summed E-state index contributed by atoms with van der Waals surface area (Å²) in [6, 6.07) is 0.572. The van der Waals surface area contributed by atoms with Crippen molar-refractivity contribution in [1.29, 1.82) is 0 Å². The minimum absolute atomic E-state index is 0.572. The summed E-state index contributed by atoms with van der Waals surface area (Å²) >= 11 is 5.48. The fourth-order valence-corrected chi connectivity index (χ4v) is 4.21. The highest BCUT2D eigenvalue weighted by molar-refractivity contribution is 9.10. The first-order valence-corrected chi connectivity index (χ1v) is 8.01. The lowest BCUT2D eigenvalue weighted by molar-refractivity contribution is 0.368. The Morgan fingerprint density at radius 3 is 2.75 bits per heavy atom. The van der Waals surface area contributed by atoms with Gasteiger partial charge in [-0.15, -0.1) is 0 Å². The van der Waals surface area contributed by atoms with Gasteiger partial charge in [0.15, 0.2) is 0 Å². The van der Waals surface area contributed by atoms with E-state index < -0.39 is 0 Å². The second-order valence-electron chi connectivity index (χ2n) is 4.65. The molecule has 1 nitrogen and oxygen atoms in total. The third-order valence-corrected chi connectivity index (χ3v) is 5.21. The summed E-state index contributed by atoms with van der Waals surface area (Å²) in [6.45, 7) is 3.37. The average molecular weight is 302 g/mol. The predicted molar refractivity (Wildman–Crippen MR) is 75.0 cm³/mol. The lowest BCUT2D eigenvalue weighted by Crippen LogP contribution is -2.27. The van der Waals surface area contributed by atoms with Gasteiger partial charge in [0.05, 0.1) is 0 Å². The molecule has 1 aliphatic rings. The van der Waals surface area contributed by atoms with Gasteiger partial charge in [0.2, 0.25) is 0 Å². The maximum Gasteiger partial charge on any atom is 0.0368 e. The molecule has 1 aromatic rings. The first-order chi connectivity index (χ1) is 7.83. The van der Waals surface area contributed by atoms with Gasteiger partial charge in [-0.2, -0.15) is 11.3 Å². The van der Waals surface area contributed by atoms with Gasteiger partial charge in [0, 0.05) is 15.9 Å². The van der Waals surface area contributed by atoms with E-state index in [9.17, 15) is 0 Å². The van der Waals surface area contributed by atoms with Crippen LogP contribution in [0.5, 0.6) is 0 Å². The first-order valence-electron chi connectivity index (χ1n) is 6.28. The van der Waals surface area contributed by atoms with Crippen LogP contribution in [0.25, 0.3) is 0 Å². The molecule has 0 spiro atoms. The molecule has 1 heterocycles. The van der Waals surface area contributed by atoms with Crippen molar-refractivity contribution in [1.82, 2.24) is 5.32 Å². The first kappa shape index (κ1) is 12.6. The van der Waals surface area contributed by atoms with Gasteiger partial charge in [-0.1, -0.05) is 19.8 Å². The molecule has 1 aliphatic carbocycles. The Hall–Kier alpha value is 0.140. The third-order valence-electron chi connectivity index (χ3n) is 3.46. The quantitative estimate of drug-likeness (QED) is 0.828. The van der Waals surface area contributed by atoms with Crippen LogP contribution < -0.4 is 5.32 Å². The molecule has 90 valence electrons. The Balaban J connectivity index is 2.10. The number of rotatable bonds is 5. The van der Waals surface area contributed by atoms with Gasteiger partial charge < -0.3 is 5.32 Å². The van der Waals surface area contributed by atoms with Crippen LogP contribution in [-0.2, 0) is 0 Å². The zero-order chi connectivity index (χ0) is 11.4. The summed E-state index contributed by atoms with van der Waals surface area (Å²) in [7, 11) is 0. The molecule has 1 saturated carbocycles. The van der Waals surface area contributed by atoms with Crippen molar-refractivity contribution < 1.29 is 0 Å². The Bertz CT molecular complexity index is 317. The summed E-state index contributed by atoms with van der Waals surface area (Å²) in [5.41, 5.74) is 1.48. The van der Waals surface area contributed by atoms with Gasteiger partial charge in [-0.05, 0) is 58.6 Å². The SMILES string of the molecule is CCCNC(c1cscc1Br)C1CCCC1. The minimum atomic E-state index is 0.572. The highest BCUT2D eigenvalue weighted by atomic mass is 79.9. The summed E-state index contributed by atoms with van der Waals surface area (Å²) in [5.74, 6) is 0.845. The molecule has 0 saturated heterocycles. The molecular formula is C13H20BrNS. The summed E-state index contributed by atoms with van der Waals surface area (Å²) in [4.78, 5) is 0. The van der Waals surface area contributed by atoms with Crippen molar-refractivity contribution in [3.05, 3.63) is 20.8 Å². The van der Waals surface area contributed by atoms with Crippen molar-refractivity contribution in [2.75, 3.05) is 6.54 Å². The number of halogens is 1. The zero-order valence-electron chi connectivity index (χ0n) is 9.84. The largest absolute Gasteiger partial charge is 0.310 e. The van der Waals surface area contributed by atoms with Gasteiger partial charge >= 0.3 is 0 Å². The summed E-state index contributed by atoms with van der Waals surface area (Å²) in [5, 5.41) is 8.23. The number of hydrogen-bond donors (Lipinski definition) is 1. The predicted octanol–water partition coefficient (Wildman–Crippen LogP) is 4.74. The van der Waals surface area contributed by atoms with Crippen molar-refractivity contribution in [2.45, 2.75) is 45.1 Å². The Morgan fingerprint density at radius 2 is 2.19 bits per heavy atom. The second-order valence-corrected chi connectivity index (χ2v) is 6.25. The van der Waals surface area contributed by atoms with E-state index in [4.69, 9.17) is 0 Å². The van der Waals surface area contributed by atoms with E-state index >= 15 is 0 Å². The zero-order valence-corrected chi connectivity index (χ0v) is 12.2. The van der Waals surface area contributed by atoms with E-state index in [0.29, 0.717) is 6.04 Å². The maximum atomic E-state index is 3.73. The Kier molecular flexibility index (Phi) is 4.86. The van der Waals surface area contributed by atoms with E-state index in [1.54, 1.807) is 11.3 Å². The molecule has 0 amide bonds. The number of nitrogens with one attached hydrogen (secondary N) is 1. The summed E-state index contributed by atoms with van der Waals surface area (Å²) in [6.07, 6.45) is 6.83. The van der Waals surface area contributed by atoms with E-state index in [2.05, 4.69) is 38.9 Å². The smallest absolute Gasteiger partial charge is 0.0368 e. The van der Waals surface area contributed by atoms with Gasteiger partial charge in [0.1, 0.15) is 0 Å². The molecule has 0 aromatic carbocycles. The van der Waals surface area contributed by atoms with E-state index in [0.717, 1.165) is 12.5 Å². The molecule has 0 aliphatic heterocycles. The number of thiophene rings is 1. The fraction of sp³-hybridized carbons (Fsp3) is 0.692. The Morgan fingerprint density at radius 1 is 1.44 bits per heavy atom. The fourth-order valence-electron chi connectivity index (χ4n) is 2.63. The molecule has 1 atom stereocenters. The third kappa shape index (κ3) is 2.88. The number of hydrogen-bond acceptors (Lipinski definition) is 2. The van der Waals surface area contributed by atoms with Gasteiger partial charge in [0.25, 0.3) is 0 Å². The molecule has 1 fully saturated rings. The van der Waals surface area contributed by atoms with Crippen LogP contribution in [0, 0.1) is 5.92 Å². The molecule has 0 radical (unpaired) electrons. The molecular weight excluding hydrogens is 282 g/mol. The Labute approximate surface area is 111 Å². The molecule has 1 N–H and O–H groups in total. The van der Waals surface area contributed by atoms with Crippen LogP contribution in [0.15, 0.2) is 15.2 Å². The highest BCUT2D eigenvalue weighted by Gasteiger charge is 2.27. The van der Waals surface area contributed by atoms with Crippen LogP contribution in [0.4, 0.5) is 0 Å². The molecule has 2 rings (SSSR count).